The van der Waals surface area contributed by atoms with Crippen molar-refractivity contribution >= 4 is 15.9 Å². The number of fused-ring (bicyclic) bond motifs is 1. The van der Waals surface area contributed by atoms with Crippen molar-refractivity contribution in [2.24, 2.45) is 0 Å². The highest BCUT2D eigenvalue weighted by molar-refractivity contribution is 7.89. The zero-order chi connectivity index (χ0) is 17.9. The van der Waals surface area contributed by atoms with Crippen LogP contribution < -0.4 is 19.5 Å². The molecule has 0 fully saturated rings. The van der Waals surface area contributed by atoms with E-state index in [0.717, 1.165) is 0 Å². The van der Waals surface area contributed by atoms with Gasteiger partial charge in [-0.05, 0) is 31.2 Å². The Hall–Kier alpha value is -2.52. The van der Waals surface area contributed by atoms with Crippen molar-refractivity contribution in [2.75, 3.05) is 13.2 Å². The lowest BCUT2D eigenvalue weighted by atomic mass is 10.3. The van der Waals surface area contributed by atoms with E-state index in [1.54, 1.807) is 12.1 Å². The predicted octanol–water partition coefficient (Wildman–Crippen LogP) is 1.03. The van der Waals surface area contributed by atoms with Crippen molar-refractivity contribution in [3.05, 3.63) is 42.4 Å². The molecule has 1 aromatic heterocycles. The van der Waals surface area contributed by atoms with Crippen LogP contribution in [-0.4, -0.2) is 33.6 Å². The minimum Gasteiger partial charge on any atom is -0.486 e. The molecule has 1 aliphatic heterocycles. The van der Waals surface area contributed by atoms with E-state index in [4.69, 9.17) is 13.9 Å². The Morgan fingerprint density at radius 2 is 1.96 bits per heavy atom. The first kappa shape index (κ1) is 17.3. The first-order valence-electron chi connectivity index (χ1n) is 7.68. The second-order valence-corrected chi connectivity index (χ2v) is 7.16. The monoisotopic (exact) mass is 366 g/mol. The zero-order valence-corrected chi connectivity index (χ0v) is 14.3. The fourth-order valence-corrected chi connectivity index (χ4v) is 3.50. The van der Waals surface area contributed by atoms with Crippen LogP contribution in [0.2, 0.25) is 0 Å². The summed E-state index contributed by atoms with van der Waals surface area (Å²) in [6.07, 6.45) is 1.50. The summed E-state index contributed by atoms with van der Waals surface area (Å²) >= 11 is 0. The third-order valence-electron chi connectivity index (χ3n) is 3.57. The van der Waals surface area contributed by atoms with E-state index in [9.17, 15) is 13.2 Å². The standard InChI is InChI=1S/C16H18N2O6S/c1-11(16(19)17-10-12-3-2-6-22-12)18-25(20,21)13-4-5-14-15(9-13)24-8-7-23-14/h2-6,9,11,18H,7-8,10H2,1H3,(H,17,19)/t11-/m0/s1. The molecule has 1 aromatic carbocycles. The molecule has 0 aliphatic carbocycles. The van der Waals surface area contributed by atoms with Gasteiger partial charge in [0.15, 0.2) is 11.5 Å². The Morgan fingerprint density at radius 1 is 1.20 bits per heavy atom. The van der Waals surface area contributed by atoms with Gasteiger partial charge in [-0.2, -0.15) is 4.72 Å². The molecule has 1 atom stereocenters. The summed E-state index contributed by atoms with van der Waals surface area (Å²) in [7, 11) is -3.88. The lowest BCUT2D eigenvalue weighted by Crippen LogP contribution is -2.44. The van der Waals surface area contributed by atoms with Crippen molar-refractivity contribution in [2.45, 2.75) is 24.4 Å². The Morgan fingerprint density at radius 3 is 2.68 bits per heavy atom. The minimum atomic E-state index is -3.88. The highest BCUT2D eigenvalue weighted by atomic mass is 32.2. The average molecular weight is 366 g/mol. The van der Waals surface area contributed by atoms with Crippen LogP contribution in [0.25, 0.3) is 0 Å². The SMILES string of the molecule is C[C@H](NS(=O)(=O)c1ccc2c(c1)OCCO2)C(=O)NCc1ccco1. The average Bonchev–Trinajstić information content (AvgIpc) is 3.12. The van der Waals surface area contributed by atoms with Gasteiger partial charge in [-0.1, -0.05) is 0 Å². The lowest BCUT2D eigenvalue weighted by Gasteiger charge is -2.19. The number of amides is 1. The van der Waals surface area contributed by atoms with Crippen molar-refractivity contribution in [1.82, 2.24) is 10.0 Å². The number of benzene rings is 1. The van der Waals surface area contributed by atoms with E-state index in [1.165, 1.54) is 31.4 Å². The van der Waals surface area contributed by atoms with E-state index < -0.39 is 22.0 Å². The van der Waals surface area contributed by atoms with Gasteiger partial charge < -0.3 is 19.2 Å². The highest BCUT2D eigenvalue weighted by Crippen LogP contribution is 2.32. The van der Waals surface area contributed by atoms with E-state index >= 15 is 0 Å². The fraction of sp³-hybridized carbons (Fsp3) is 0.312. The summed E-state index contributed by atoms with van der Waals surface area (Å²) < 4.78 is 43.1. The van der Waals surface area contributed by atoms with Gasteiger partial charge in [0.2, 0.25) is 15.9 Å². The topological polar surface area (TPSA) is 107 Å². The number of carbonyl (C=O) groups excluding carboxylic acids is 1. The number of ether oxygens (including phenoxy) is 2. The van der Waals surface area contributed by atoms with E-state index in [-0.39, 0.29) is 11.4 Å². The molecule has 1 aliphatic rings. The maximum atomic E-state index is 12.5. The van der Waals surface area contributed by atoms with Crippen LogP contribution in [0.3, 0.4) is 0 Å². The first-order valence-corrected chi connectivity index (χ1v) is 9.16. The van der Waals surface area contributed by atoms with Crippen molar-refractivity contribution in [1.29, 1.82) is 0 Å². The van der Waals surface area contributed by atoms with Gasteiger partial charge in [0, 0.05) is 6.07 Å². The van der Waals surface area contributed by atoms with Crippen molar-refractivity contribution < 1.29 is 27.1 Å². The molecule has 1 amide bonds. The van der Waals surface area contributed by atoms with E-state index in [1.807, 2.05) is 0 Å². The molecule has 25 heavy (non-hydrogen) atoms. The molecular weight excluding hydrogens is 348 g/mol. The molecule has 0 bridgehead atoms. The minimum absolute atomic E-state index is 0.00225. The molecule has 2 heterocycles. The molecule has 9 heteroatoms. The molecule has 134 valence electrons. The Balaban J connectivity index is 1.65. The Bertz CT molecular complexity index is 848. The van der Waals surface area contributed by atoms with Crippen molar-refractivity contribution in [3.63, 3.8) is 0 Å². The summed E-state index contributed by atoms with van der Waals surface area (Å²) in [5, 5.41) is 2.60. The van der Waals surface area contributed by atoms with Gasteiger partial charge in [0.1, 0.15) is 19.0 Å². The summed E-state index contributed by atoms with van der Waals surface area (Å²) in [5.41, 5.74) is 0. The molecule has 2 aromatic rings. The smallest absolute Gasteiger partial charge is 0.241 e. The van der Waals surface area contributed by atoms with Crippen LogP contribution in [0.4, 0.5) is 0 Å². The van der Waals surface area contributed by atoms with Crippen molar-refractivity contribution in [3.8, 4) is 11.5 Å². The quantitative estimate of drug-likeness (QED) is 0.791. The van der Waals surface area contributed by atoms with Crippen LogP contribution in [0.5, 0.6) is 11.5 Å². The van der Waals surface area contributed by atoms with Crippen LogP contribution in [0.15, 0.2) is 45.9 Å². The second kappa shape index (κ2) is 7.16. The molecule has 8 nitrogen and oxygen atoms in total. The molecule has 0 saturated heterocycles. The van der Waals surface area contributed by atoms with Gasteiger partial charge in [0.25, 0.3) is 0 Å². The molecule has 0 saturated carbocycles. The largest absolute Gasteiger partial charge is 0.486 e. The zero-order valence-electron chi connectivity index (χ0n) is 13.5. The third-order valence-corrected chi connectivity index (χ3v) is 5.10. The highest BCUT2D eigenvalue weighted by Gasteiger charge is 2.24. The predicted molar refractivity (Wildman–Crippen MR) is 87.8 cm³/mol. The maximum Gasteiger partial charge on any atom is 0.241 e. The summed E-state index contributed by atoms with van der Waals surface area (Å²) in [4.78, 5) is 12.1. The normalized spacial score (nSPS) is 14.8. The number of hydrogen-bond acceptors (Lipinski definition) is 6. The van der Waals surface area contributed by atoms with Gasteiger partial charge in [-0.15, -0.1) is 0 Å². The fourth-order valence-electron chi connectivity index (χ4n) is 2.29. The molecular formula is C16H18N2O6S. The van der Waals surface area contributed by atoms with Gasteiger partial charge in [-0.3, -0.25) is 4.79 Å². The third kappa shape index (κ3) is 4.12. The first-order chi connectivity index (χ1) is 12.0. The number of furan rings is 1. The van der Waals surface area contributed by atoms with E-state index in [2.05, 4.69) is 10.0 Å². The molecule has 2 N–H and O–H groups in total. The second-order valence-electron chi connectivity index (χ2n) is 5.45. The van der Waals surface area contributed by atoms with Crippen LogP contribution in [0.1, 0.15) is 12.7 Å². The van der Waals surface area contributed by atoms with Gasteiger partial charge >= 0.3 is 0 Å². The number of hydrogen-bond donors (Lipinski definition) is 2. The van der Waals surface area contributed by atoms with Crippen LogP contribution in [-0.2, 0) is 21.4 Å². The maximum absolute atomic E-state index is 12.5. The lowest BCUT2D eigenvalue weighted by molar-refractivity contribution is -0.122. The summed E-state index contributed by atoms with van der Waals surface area (Å²) in [5.74, 6) is 0.978. The number of carbonyl (C=O) groups is 1. The van der Waals surface area contributed by atoms with Gasteiger partial charge in [-0.25, -0.2) is 8.42 Å². The summed E-state index contributed by atoms with van der Waals surface area (Å²) in [6.45, 7) is 2.43. The van der Waals surface area contributed by atoms with Crippen LogP contribution in [0, 0.1) is 0 Å². The number of rotatable bonds is 6. The molecule has 0 spiro atoms. The van der Waals surface area contributed by atoms with Crippen LogP contribution >= 0.6 is 0 Å². The molecule has 0 unspecified atom stereocenters. The van der Waals surface area contributed by atoms with Gasteiger partial charge in [0.05, 0.1) is 23.7 Å². The van der Waals surface area contributed by atoms with E-state index in [0.29, 0.717) is 30.5 Å². The Kier molecular flexibility index (Phi) is 4.95. The summed E-state index contributed by atoms with van der Waals surface area (Å²) in [6, 6.07) is 6.78. The molecule has 0 radical (unpaired) electrons. The number of sulfonamides is 1. The molecule has 3 rings (SSSR count). The number of nitrogens with one attached hydrogen (secondary N) is 2. The Labute approximate surface area is 145 Å².